The number of ether oxygens (including phenoxy) is 2. The molecule has 1 N–H and O–H groups in total. The van der Waals surface area contributed by atoms with Crippen LogP contribution in [0, 0.1) is 11.3 Å². The van der Waals surface area contributed by atoms with Crippen molar-refractivity contribution in [3.05, 3.63) is 0 Å². The molecule has 0 aliphatic carbocycles. The van der Waals surface area contributed by atoms with Gasteiger partial charge in [-0.3, -0.25) is 0 Å². The Kier molecular flexibility index (Phi) is 3.39. The molecule has 1 unspecified atom stereocenters. The maximum absolute atomic E-state index is 10.5. The normalized spacial score (nSPS) is 46.1. The van der Waals surface area contributed by atoms with Gasteiger partial charge in [-0.05, 0) is 20.8 Å². The van der Waals surface area contributed by atoms with Gasteiger partial charge in [0, 0.05) is 13.5 Å². The molecule has 0 aromatic heterocycles. The van der Waals surface area contributed by atoms with Crippen molar-refractivity contribution in [1.82, 2.24) is 0 Å². The second-order valence-electron chi connectivity index (χ2n) is 4.49. The summed E-state index contributed by atoms with van der Waals surface area (Å²) in [5.74, 6) is 0. The zero-order valence-corrected chi connectivity index (χ0v) is 9.78. The van der Waals surface area contributed by atoms with Crippen molar-refractivity contribution in [2.75, 3.05) is 7.11 Å². The lowest BCUT2D eigenvalue weighted by Gasteiger charge is -2.51. The van der Waals surface area contributed by atoms with Crippen molar-refractivity contribution in [2.24, 2.45) is 0 Å². The standard InChI is InChI=1S/C11H19NO3/c1-8-7-10(3,14-4)11(13,5-6-12)9(2)15-8/h8-9,13H,5,7H2,1-4H3/t8?,9-,10+,11-/m0/s1. The first-order chi connectivity index (χ1) is 6.89. The quantitative estimate of drug-likeness (QED) is 0.749. The smallest absolute Gasteiger partial charge is 0.132 e. The van der Waals surface area contributed by atoms with Gasteiger partial charge in [0.1, 0.15) is 5.60 Å². The van der Waals surface area contributed by atoms with Crippen LogP contribution in [0.1, 0.15) is 33.6 Å². The molecular formula is C11H19NO3. The zero-order chi connectivity index (χ0) is 11.7. The van der Waals surface area contributed by atoms with Gasteiger partial charge in [0.05, 0.1) is 30.3 Å². The second kappa shape index (κ2) is 4.09. The Hall–Kier alpha value is -0.630. The Bertz CT molecular complexity index is 275. The van der Waals surface area contributed by atoms with E-state index in [1.165, 1.54) is 0 Å². The SMILES string of the molecule is CO[C@]1(C)CC(C)O[C@@H](C)[C@@]1(O)CC#N. The lowest BCUT2D eigenvalue weighted by atomic mass is 9.73. The maximum Gasteiger partial charge on any atom is 0.132 e. The molecule has 1 heterocycles. The lowest BCUT2D eigenvalue weighted by molar-refractivity contribution is -0.266. The highest BCUT2D eigenvalue weighted by Gasteiger charge is 2.55. The van der Waals surface area contributed by atoms with Crippen molar-refractivity contribution in [3.8, 4) is 6.07 Å². The van der Waals surface area contributed by atoms with Crippen LogP contribution in [0.5, 0.6) is 0 Å². The van der Waals surface area contributed by atoms with Crippen LogP contribution >= 0.6 is 0 Å². The second-order valence-corrected chi connectivity index (χ2v) is 4.49. The van der Waals surface area contributed by atoms with E-state index < -0.39 is 17.3 Å². The molecule has 1 saturated heterocycles. The average molecular weight is 213 g/mol. The van der Waals surface area contributed by atoms with E-state index in [1.807, 2.05) is 19.9 Å². The van der Waals surface area contributed by atoms with Gasteiger partial charge in [-0.15, -0.1) is 0 Å². The largest absolute Gasteiger partial charge is 0.383 e. The number of aliphatic hydroxyl groups is 1. The van der Waals surface area contributed by atoms with E-state index in [2.05, 4.69) is 0 Å². The summed E-state index contributed by atoms with van der Waals surface area (Å²) in [6.45, 7) is 5.56. The number of methoxy groups -OCH3 is 1. The van der Waals surface area contributed by atoms with Crippen molar-refractivity contribution in [1.29, 1.82) is 5.26 Å². The van der Waals surface area contributed by atoms with Crippen LogP contribution in [0.15, 0.2) is 0 Å². The molecule has 0 saturated carbocycles. The molecular weight excluding hydrogens is 194 g/mol. The Morgan fingerprint density at radius 2 is 2.20 bits per heavy atom. The summed E-state index contributed by atoms with van der Waals surface area (Å²) in [7, 11) is 1.56. The molecule has 0 aromatic rings. The highest BCUT2D eigenvalue weighted by molar-refractivity contribution is 5.09. The highest BCUT2D eigenvalue weighted by atomic mass is 16.5. The molecule has 1 aliphatic rings. The van der Waals surface area contributed by atoms with E-state index in [1.54, 1.807) is 14.0 Å². The Morgan fingerprint density at radius 3 is 2.67 bits per heavy atom. The van der Waals surface area contributed by atoms with Crippen molar-refractivity contribution < 1.29 is 14.6 Å². The molecule has 0 aromatic carbocycles. The number of hydrogen-bond donors (Lipinski definition) is 1. The molecule has 1 rings (SSSR count). The van der Waals surface area contributed by atoms with Gasteiger partial charge in [0.25, 0.3) is 0 Å². The van der Waals surface area contributed by atoms with Crippen LogP contribution in [0.25, 0.3) is 0 Å². The Labute approximate surface area is 90.8 Å². The third-order valence-electron chi connectivity index (χ3n) is 3.50. The van der Waals surface area contributed by atoms with Crippen LogP contribution in [-0.2, 0) is 9.47 Å². The van der Waals surface area contributed by atoms with Crippen LogP contribution < -0.4 is 0 Å². The van der Waals surface area contributed by atoms with E-state index in [4.69, 9.17) is 14.7 Å². The minimum absolute atomic E-state index is 0.0191. The third kappa shape index (κ3) is 1.87. The van der Waals surface area contributed by atoms with Crippen LogP contribution in [0.2, 0.25) is 0 Å². The van der Waals surface area contributed by atoms with E-state index >= 15 is 0 Å². The van der Waals surface area contributed by atoms with Gasteiger partial charge in [-0.2, -0.15) is 5.26 Å². The topological polar surface area (TPSA) is 62.5 Å². The van der Waals surface area contributed by atoms with Gasteiger partial charge >= 0.3 is 0 Å². The predicted molar refractivity (Wildman–Crippen MR) is 55.2 cm³/mol. The summed E-state index contributed by atoms with van der Waals surface area (Å²) >= 11 is 0. The van der Waals surface area contributed by atoms with E-state index in [-0.39, 0.29) is 12.5 Å². The number of nitriles is 1. The van der Waals surface area contributed by atoms with Gasteiger partial charge in [-0.1, -0.05) is 0 Å². The summed E-state index contributed by atoms with van der Waals surface area (Å²) in [6.07, 6.45) is 0.242. The van der Waals surface area contributed by atoms with Gasteiger partial charge in [0.2, 0.25) is 0 Å². The molecule has 1 fully saturated rings. The first kappa shape index (κ1) is 12.4. The molecule has 4 heteroatoms. The molecule has 0 spiro atoms. The Balaban J connectivity index is 3.03. The fourth-order valence-electron chi connectivity index (χ4n) is 2.38. The predicted octanol–water partition coefficient (Wildman–Crippen LogP) is 1.23. The summed E-state index contributed by atoms with van der Waals surface area (Å²) in [6, 6.07) is 2.00. The van der Waals surface area contributed by atoms with Crippen molar-refractivity contribution >= 4 is 0 Å². The first-order valence-electron chi connectivity index (χ1n) is 5.19. The summed E-state index contributed by atoms with van der Waals surface area (Å²) in [5.41, 5.74) is -1.96. The van der Waals surface area contributed by atoms with Crippen molar-refractivity contribution in [3.63, 3.8) is 0 Å². The van der Waals surface area contributed by atoms with Gasteiger partial charge < -0.3 is 14.6 Å². The molecule has 4 atom stereocenters. The van der Waals surface area contributed by atoms with Crippen molar-refractivity contribution in [2.45, 2.75) is 57.0 Å². The zero-order valence-electron chi connectivity index (χ0n) is 9.78. The molecule has 4 nitrogen and oxygen atoms in total. The summed E-state index contributed by atoms with van der Waals surface area (Å²) in [5, 5.41) is 19.3. The van der Waals surface area contributed by atoms with Crippen LogP contribution in [-0.4, -0.2) is 35.6 Å². The summed E-state index contributed by atoms with van der Waals surface area (Å²) in [4.78, 5) is 0. The maximum atomic E-state index is 10.5. The van der Waals surface area contributed by atoms with Gasteiger partial charge in [0.15, 0.2) is 0 Å². The molecule has 0 bridgehead atoms. The van der Waals surface area contributed by atoms with E-state index in [9.17, 15) is 5.11 Å². The van der Waals surface area contributed by atoms with Crippen LogP contribution in [0.3, 0.4) is 0 Å². The van der Waals surface area contributed by atoms with Gasteiger partial charge in [-0.25, -0.2) is 0 Å². The Morgan fingerprint density at radius 1 is 1.60 bits per heavy atom. The average Bonchev–Trinajstić information content (AvgIpc) is 2.15. The highest BCUT2D eigenvalue weighted by Crippen LogP contribution is 2.41. The fourth-order valence-corrected chi connectivity index (χ4v) is 2.38. The summed E-state index contributed by atoms with van der Waals surface area (Å²) < 4.78 is 11.0. The van der Waals surface area contributed by atoms with Crippen LogP contribution in [0.4, 0.5) is 0 Å². The first-order valence-corrected chi connectivity index (χ1v) is 5.19. The number of rotatable bonds is 2. The molecule has 1 aliphatic heterocycles. The fraction of sp³-hybridized carbons (Fsp3) is 0.909. The molecule has 15 heavy (non-hydrogen) atoms. The third-order valence-corrected chi connectivity index (χ3v) is 3.50. The lowest BCUT2D eigenvalue weighted by Crippen LogP contribution is -2.65. The number of nitrogens with zero attached hydrogens (tertiary/aromatic N) is 1. The minimum Gasteiger partial charge on any atom is -0.383 e. The van der Waals surface area contributed by atoms with E-state index in [0.29, 0.717) is 6.42 Å². The molecule has 86 valence electrons. The van der Waals surface area contributed by atoms with E-state index in [0.717, 1.165) is 0 Å². The monoisotopic (exact) mass is 213 g/mol. The molecule has 0 amide bonds. The number of hydrogen-bond acceptors (Lipinski definition) is 4. The minimum atomic E-state index is -1.23. The molecule has 0 radical (unpaired) electrons.